The third kappa shape index (κ3) is 4.58. The minimum absolute atomic E-state index is 0.201. The Hall–Kier alpha value is -1.32. The SMILES string of the molecule is CC(C)(C)C1CCCCC1Nc1ccc(OC(F)F)cc1. The molecule has 1 N–H and O–H groups in total. The first-order valence-electron chi connectivity index (χ1n) is 7.67. The molecule has 118 valence electrons. The highest BCUT2D eigenvalue weighted by Crippen LogP contribution is 2.39. The zero-order valence-corrected chi connectivity index (χ0v) is 13.0. The van der Waals surface area contributed by atoms with E-state index in [0.717, 1.165) is 12.1 Å². The lowest BCUT2D eigenvalue weighted by Gasteiger charge is -2.41. The maximum absolute atomic E-state index is 12.1. The van der Waals surface area contributed by atoms with Crippen LogP contribution < -0.4 is 10.1 Å². The molecule has 2 unspecified atom stereocenters. The second-order valence-electron chi connectivity index (χ2n) is 6.91. The number of rotatable bonds is 4. The number of nitrogens with one attached hydrogen (secondary N) is 1. The van der Waals surface area contributed by atoms with E-state index in [1.165, 1.54) is 19.3 Å². The predicted molar refractivity (Wildman–Crippen MR) is 81.9 cm³/mol. The van der Waals surface area contributed by atoms with Crippen LogP contribution in [0.3, 0.4) is 0 Å². The van der Waals surface area contributed by atoms with Crippen molar-refractivity contribution in [2.45, 2.75) is 59.1 Å². The van der Waals surface area contributed by atoms with Gasteiger partial charge in [-0.1, -0.05) is 33.6 Å². The van der Waals surface area contributed by atoms with Gasteiger partial charge in [0.2, 0.25) is 0 Å². The first-order chi connectivity index (χ1) is 9.86. The average Bonchev–Trinajstić information content (AvgIpc) is 2.40. The van der Waals surface area contributed by atoms with E-state index in [1.807, 2.05) is 12.1 Å². The molecule has 0 radical (unpaired) electrons. The largest absolute Gasteiger partial charge is 0.435 e. The topological polar surface area (TPSA) is 21.3 Å². The zero-order valence-electron chi connectivity index (χ0n) is 13.0. The van der Waals surface area contributed by atoms with Gasteiger partial charge >= 0.3 is 6.61 Å². The molecule has 0 aliphatic heterocycles. The third-order valence-electron chi connectivity index (χ3n) is 4.31. The Labute approximate surface area is 125 Å². The highest BCUT2D eigenvalue weighted by atomic mass is 19.3. The number of halogens is 2. The number of ether oxygens (including phenoxy) is 1. The van der Waals surface area contributed by atoms with Crippen molar-refractivity contribution < 1.29 is 13.5 Å². The summed E-state index contributed by atoms with van der Waals surface area (Å²) in [6, 6.07) is 7.24. The summed E-state index contributed by atoms with van der Waals surface area (Å²) in [4.78, 5) is 0. The Morgan fingerprint density at radius 2 is 1.71 bits per heavy atom. The molecule has 4 heteroatoms. The molecule has 0 bridgehead atoms. The summed E-state index contributed by atoms with van der Waals surface area (Å²) in [5, 5.41) is 3.57. The lowest BCUT2D eigenvalue weighted by atomic mass is 9.69. The summed E-state index contributed by atoms with van der Waals surface area (Å²) in [6.45, 7) is 4.10. The highest BCUT2D eigenvalue weighted by Gasteiger charge is 2.33. The Kier molecular flexibility index (Phi) is 5.07. The lowest BCUT2D eigenvalue weighted by Crippen LogP contribution is -2.39. The molecule has 0 amide bonds. The summed E-state index contributed by atoms with van der Waals surface area (Å²) >= 11 is 0. The molecule has 1 aliphatic rings. The summed E-state index contributed by atoms with van der Waals surface area (Å²) in [6.07, 6.45) is 4.95. The fraction of sp³-hybridized carbons (Fsp3) is 0.647. The molecule has 1 aromatic carbocycles. The summed E-state index contributed by atoms with van der Waals surface area (Å²) in [5.41, 5.74) is 1.24. The summed E-state index contributed by atoms with van der Waals surface area (Å²) in [7, 11) is 0. The van der Waals surface area contributed by atoms with E-state index in [-0.39, 0.29) is 11.2 Å². The van der Waals surface area contributed by atoms with E-state index in [4.69, 9.17) is 0 Å². The van der Waals surface area contributed by atoms with E-state index >= 15 is 0 Å². The first-order valence-corrected chi connectivity index (χ1v) is 7.67. The molecule has 2 rings (SSSR count). The van der Waals surface area contributed by atoms with Gasteiger partial charge in [0.1, 0.15) is 5.75 Å². The van der Waals surface area contributed by atoms with E-state index in [9.17, 15) is 8.78 Å². The minimum Gasteiger partial charge on any atom is -0.435 e. The standard InChI is InChI=1S/C17H25F2NO/c1-17(2,3)14-6-4-5-7-15(14)20-12-8-10-13(11-9-12)21-16(18)19/h8-11,14-16,20H,4-7H2,1-3H3. The van der Waals surface area contributed by atoms with Gasteiger partial charge in [-0.15, -0.1) is 0 Å². The number of anilines is 1. The van der Waals surface area contributed by atoms with Gasteiger partial charge < -0.3 is 10.1 Å². The fourth-order valence-electron chi connectivity index (χ4n) is 3.29. The number of hydrogen-bond acceptors (Lipinski definition) is 2. The smallest absolute Gasteiger partial charge is 0.387 e. The zero-order chi connectivity index (χ0) is 15.5. The fourth-order valence-corrected chi connectivity index (χ4v) is 3.29. The highest BCUT2D eigenvalue weighted by molar-refractivity contribution is 5.47. The van der Waals surface area contributed by atoms with Crippen LogP contribution in [0, 0.1) is 11.3 Å². The molecule has 1 fully saturated rings. The third-order valence-corrected chi connectivity index (χ3v) is 4.31. The molecular formula is C17H25F2NO. The predicted octanol–water partition coefficient (Wildman–Crippen LogP) is 5.30. The Morgan fingerprint density at radius 1 is 1.10 bits per heavy atom. The van der Waals surface area contributed by atoms with Crippen LogP contribution in [0.5, 0.6) is 5.75 Å². The first kappa shape index (κ1) is 16.1. The van der Waals surface area contributed by atoms with Crippen LogP contribution in [0.1, 0.15) is 46.5 Å². The summed E-state index contributed by atoms with van der Waals surface area (Å²) in [5.74, 6) is 0.829. The molecule has 0 aromatic heterocycles. The van der Waals surface area contributed by atoms with Gasteiger partial charge in [-0.3, -0.25) is 0 Å². The van der Waals surface area contributed by atoms with E-state index < -0.39 is 6.61 Å². The van der Waals surface area contributed by atoms with Crippen molar-refractivity contribution in [3.8, 4) is 5.75 Å². The maximum Gasteiger partial charge on any atom is 0.387 e. The Morgan fingerprint density at radius 3 is 2.29 bits per heavy atom. The normalized spacial score (nSPS) is 23.1. The molecule has 2 nitrogen and oxygen atoms in total. The lowest BCUT2D eigenvalue weighted by molar-refractivity contribution is -0.0498. The van der Waals surface area contributed by atoms with Crippen molar-refractivity contribution in [2.24, 2.45) is 11.3 Å². The number of benzene rings is 1. The number of hydrogen-bond donors (Lipinski definition) is 1. The molecule has 2 atom stereocenters. The Bertz CT molecular complexity index is 439. The summed E-state index contributed by atoms with van der Waals surface area (Å²) < 4.78 is 28.7. The minimum atomic E-state index is -2.77. The molecule has 0 saturated heterocycles. The van der Waals surface area contributed by atoms with E-state index in [1.54, 1.807) is 12.1 Å². The molecule has 0 heterocycles. The molecule has 1 aliphatic carbocycles. The van der Waals surface area contributed by atoms with Crippen LogP contribution in [0.2, 0.25) is 0 Å². The van der Waals surface area contributed by atoms with Crippen LogP contribution in [0.4, 0.5) is 14.5 Å². The van der Waals surface area contributed by atoms with Gasteiger partial charge in [0.15, 0.2) is 0 Å². The van der Waals surface area contributed by atoms with E-state index in [0.29, 0.717) is 12.0 Å². The van der Waals surface area contributed by atoms with Crippen molar-refractivity contribution in [1.82, 2.24) is 0 Å². The monoisotopic (exact) mass is 297 g/mol. The quantitative estimate of drug-likeness (QED) is 0.813. The average molecular weight is 297 g/mol. The molecule has 0 spiro atoms. The van der Waals surface area contributed by atoms with Crippen molar-refractivity contribution in [3.63, 3.8) is 0 Å². The van der Waals surface area contributed by atoms with Gasteiger partial charge in [0.05, 0.1) is 0 Å². The van der Waals surface area contributed by atoms with Crippen LogP contribution in [-0.2, 0) is 0 Å². The van der Waals surface area contributed by atoms with Gasteiger partial charge in [-0.25, -0.2) is 0 Å². The van der Waals surface area contributed by atoms with Crippen LogP contribution in [0.15, 0.2) is 24.3 Å². The van der Waals surface area contributed by atoms with Gasteiger partial charge in [0, 0.05) is 11.7 Å². The second-order valence-corrected chi connectivity index (χ2v) is 6.91. The second kappa shape index (κ2) is 6.63. The van der Waals surface area contributed by atoms with Crippen LogP contribution >= 0.6 is 0 Å². The van der Waals surface area contributed by atoms with Crippen LogP contribution in [-0.4, -0.2) is 12.7 Å². The number of alkyl halides is 2. The van der Waals surface area contributed by atoms with Crippen molar-refractivity contribution in [3.05, 3.63) is 24.3 Å². The van der Waals surface area contributed by atoms with Crippen molar-refractivity contribution in [1.29, 1.82) is 0 Å². The van der Waals surface area contributed by atoms with Crippen LogP contribution in [0.25, 0.3) is 0 Å². The van der Waals surface area contributed by atoms with Crippen molar-refractivity contribution in [2.75, 3.05) is 5.32 Å². The van der Waals surface area contributed by atoms with Gasteiger partial charge in [0.25, 0.3) is 0 Å². The molecule has 1 saturated carbocycles. The maximum atomic E-state index is 12.1. The van der Waals surface area contributed by atoms with Crippen molar-refractivity contribution >= 4 is 5.69 Å². The van der Waals surface area contributed by atoms with Gasteiger partial charge in [-0.05, 0) is 48.4 Å². The van der Waals surface area contributed by atoms with Gasteiger partial charge in [-0.2, -0.15) is 8.78 Å². The van der Waals surface area contributed by atoms with E-state index in [2.05, 4.69) is 30.8 Å². The molecule has 21 heavy (non-hydrogen) atoms. The Balaban J connectivity index is 2.02. The molecule has 1 aromatic rings. The molecular weight excluding hydrogens is 272 g/mol.